The van der Waals surface area contributed by atoms with Gasteiger partial charge < -0.3 is 19.9 Å². The van der Waals surface area contributed by atoms with E-state index in [4.69, 9.17) is 9.26 Å². The van der Waals surface area contributed by atoms with Crippen molar-refractivity contribution >= 4 is 5.91 Å². The minimum Gasteiger partial charge on any atom is -0.497 e. The second-order valence-electron chi connectivity index (χ2n) is 7.93. The Morgan fingerprint density at radius 3 is 2.90 bits per heavy atom. The lowest BCUT2D eigenvalue weighted by Crippen LogP contribution is -2.40. The van der Waals surface area contributed by atoms with E-state index in [1.54, 1.807) is 7.11 Å². The number of hydrogen-bond donors (Lipinski definition) is 2. The predicted molar refractivity (Wildman–Crippen MR) is 113 cm³/mol. The highest BCUT2D eigenvalue weighted by atomic mass is 16.5. The number of aryl methyl sites for hydroxylation is 1. The van der Waals surface area contributed by atoms with Gasteiger partial charge in [-0.05, 0) is 61.9 Å². The molecule has 0 spiro atoms. The maximum Gasteiger partial charge on any atom is 0.220 e. The van der Waals surface area contributed by atoms with Crippen molar-refractivity contribution in [2.24, 2.45) is 11.8 Å². The smallest absolute Gasteiger partial charge is 0.220 e. The minimum atomic E-state index is 0.113. The Labute approximate surface area is 173 Å². The first-order valence-corrected chi connectivity index (χ1v) is 10.7. The van der Waals surface area contributed by atoms with Crippen LogP contribution in [0.15, 0.2) is 34.9 Å². The molecule has 3 rings (SSSR count). The molecule has 1 aromatic heterocycles. The molecule has 29 heavy (non-hydrogen) atoms. The zero-order valence-corrected chi connectivity index (χ0v) is 17.6. The molecule has 0 bridgehead atoms. The first-order chi connectivity index (χ1) is 14.2. The van der Waals surface area contributed by atoms with E-state index in [9.17, 15) is 4.79 Å². The Bertz CT molecular complexity index is 757. The van der Waals surface area contributed by atoms with E-state index in [1.165, 1.54) is 0 Å². The average Bonchev–Trinajstić information content (AvgIpc) is 3.20. The zero-order valence-electron chi connectivity index (χ0n) is 17.6. The summed E-state index contributed by atoms with van der Waals surface area (Å²) in [5.74, 6) is 2.67. The fraction of sp³-hybridized carbons (Fsp3) is 0.565. The number of methoxy groups -OCH3 is 1. The molecule has 0 saturated carbocycles. The summed E-state index contributed by atoms with van der Waals surface area (Å²) in [7, 11) is 1.65. The predicted octanol–water partition coefficient (Wildman–Crippen LogP) is 3.50. The van der Waals surface area contributed by atoms with Crippen LogP contribution in [0.25, 0.3) is 0 Å². The number of unbranched alkanes of at least 4 members (excludes halogenated alkanes) is 1. The van der Waals surface area contributed by atoms with Crippen molar-refractivity contribution in [1.29, 1.82) is 0 Å². The third-order valence-electron chi connectivity index (χ3n) is 5.72. The lowest BCUT2D eigenvalue weighted by molar-refractivity contribution is -0.122. The maximum atomic E-state index is 12.5. The van der Waals surface area contributed by atoms with Gasteiger partial charge in [0.2, 0.25) is 5.91 Å². The standard InChI is InChI=1S/C23H33N3O3/c1-3-4-5-22-14-20(26-29-22)12-19-16-24-11-10-18(19)13-23(27)25-15-17-6-8-21(28-2)9-7-17/h6-9,14,18-19,24H,3-5,10-13,15-16H2,1-2H3,(H,25,27)/t18-,19+/m0/s1. The number of aromatic nitrogens is 1. The summed E-state index contributed by atoms with van der Waals surface area (Å²) in [6, 6.07) is 9.87. The van der Waals surface area contributed by atoms with Gasteiger partial charge >= 0.3 is 0 Å². The lowest BCUT2D eigenvalue weighted by Gasteiger charge is -2.31. The van der Waals surface area contributed by atoms with E-state index in [0.29, 0.717) is 24.8 Å². The van der Waals surface area contributed by atoms with Crippen LogP contribution in [0.5, 0.6) is 5.75 Å². The van der Waals surface area contributed by atoms with Gasteiger partial charge in [-0.2, -0.15) is 0 Å². The number of ether oxygens (including phenoxy) is 1. The number of piperidine rings is 1. The third kappa shape index (κ3) is 6.60. The number of hydrogen-bond acceptors (Lipinski definition) is 5. The van der Waals surface area contributed by atoms with Gasteiger partial charge in [-0.1, -0.05) is 30.6 Å². The zero-order chi connectivity index (χ0) is 20.5. The molecule has 0 radical (unpaired) electrons. The molecule has 1 fully saturated rings. The third-order valence-corrected chi connectivity index (χ3v) is 5.72. The van der Waals surface area contributed by atoms with E-state index in [0.717, 1.165) is 68.0 Å². The van der Waals surface area contributed by atoms with E-state index < -0.39 is 0 Å². The molecular formula is C23H33N3O3. The molecule has 1 aliphatic heterocycles. The highest BCUT2D eigenvalue weighted by Gasteiger charge is 2.28. The Morgan fingerprint density at radius 2 is 2.14 bits per heavy atom. The van der Waals surface area contributed by atoms with Crippen LogP contribution in [-0.4, -0.2) is 31.3 Å². The second-order valence-corrected chi connectivity index (χ2v) is 7.93. The molecule has 2 heterocycles. The van der Waals surface area contributed by atoms with Crippen LogP contribution < -0.4 is 15.4 Å². The average molecular weight is 400 g/mol. The fourth-order valence-corrected chi connectivity index (χ4v) is 3.93. The minimum absolute atomic E-state index is 0.113. The van der Waals surface area contributed by atoms with Gasteiger partial charge in [0, 0.05) is 25.5 Å². The van der Waals surface area contributed by atoms with Gasteiger partial charge in [0.15, 0.2) is 0 Å². The van der Waals surface area contributed by atoms with Gasteiger partial charge in [-0.25, -0.2) is 0 Å². The molecule has 2 aromatic rings. The number of rotatable bonds is 10. The molecule has 6 heteroatoms. The van der Waals surface area contributed by atoms with Gasteiger partial charge in [-0.3, -0.25) is 4.79 Å². The summed E-state index contributed by atoms with van der Waals surface area (Å²) >= 11 is 0. The number of nitrogens with zero attached hydrogens (tertiary/aromatic N) is 1. The Balaban J connectivity index is 1.49. The molecule has 2 atom stereocenters. The topological polar surface area (TPSA) is 76.4 Å². The number of carbonyl (C=O) groups excluding carboxylic acids is 1. The number of nitrogens with one attached hydrogen (secondary N) is 2. The summed E-state index contributed by atoms with van der Waals surface area (Å²) in [5.41, 5.74) is 2.08. The molecule has 1 aliphatic rings. The van der Waals surface area contributed by atoms with Crippen molar-refractivity contribution in [2.45, 2.75) is 52.0 Å². The molecule has 0 aliphatic carbocycles. The first kappa shape index (κ1) is 21.4. The quantitative estimate of drug-likeness (QED) is 0.639. The van der Waals surface area contributed by atoms with E-state index in [2.05, 4.69) is 28.8 Å². The SMILES string of the molecule is CCCCc1cc(C[C@@H]2CNCC[C@H]2CC(=O)NCc2ccc(OC)cc2)no1. The number of amides is 1. The summed E-state index contributed by atoms with van der Waals surface area (Å²) in [6.07, 6.45) is 5.65. The van der Waals surface area contributed by atoms with Crippen molar-refractivity contribution in [1.82, 2.24) is 15.8 Å². The Hall–Kier alpha value is -2.34. The van der Waals surface area contributed by atoms with Crippen LogP contribution >= 0.6 is 0 Å². The summed E-state index contributed by atoms with van der Waals surface area (Å²) < 4.78 is 10.6. The van der Waals surface area contributed by atoms with Gasteiger partial charge in [0.05, 0.1) is 12.8 Å². The van der Waals surface area contributed by atoms with Crippen LogP contribution in [0.3, 0.4) is 0 Å². The van der Waals surface area contributed by atoms with Gasteiger partial charge in [0.25, 0.3) is 0 Å². The molecule has 1 amide bonds. The molecule has 158 valence electrons. The number of carbonyl (C=O) groups is 1. The second kappa shape index (κ2) is 11.0. The summed E-state index contributed by atoms with van der Waals surface area (Å²) in [4.78, 5) is 12.5. The van der Waals surface area contributed by atoms with E-state index in [1.807, 2.05) is 24.3 Å². The molecular weight excluding hydrogens is 366 g/mol. The molecule has 0 unspecified atom stereocenters. The molecule has 1 saturated heterocycles. The highest BCUT2D eigenvalue weighted by Crippen LogP contribution is 2.26. The fourth-order valence-electron chi connectivity index (χ4n) is 3.93. The maximum absolute atomic E-state index is 12.5. The van der Waals surface area contributed by atoms with Gasteiger partial charge in [-0.15, -0.1) is 0 Å². The Kier molecular flexibility index (Phi) is 8.11. The van der Waals surface area contributed by atoms with Crippen molar-refractivity contribution in [3.63, 3.8) is 0 Å². The van der Waals surface area contributed by atoms with Crippen molar-refractivity contribution < 1.29 is 14.1 Å². The van der Waals surface area contributed by atoms with Crippen molar-refractivity contribution in [2.75, 3.05) is 20.2 Å². The van der Waals surface area contributed by atoms with Crippen molar-refractivity contribution in [3.05, 3.63) is 47.3 Å². The van der Waals surface area contributed by atoms with E-state index >= 15 is 0 Å². The van der Waals surface area contributed by atoms with Crippen LogP contribution in [0.1, 0.15) is 49.6 Å². The summed E-state index contributed by atoms with van der Waals surface area (Å²) in [6.45, 7) is 4.61. The lowest BCUT2D eigenvalue weighted by atomic mass is 9.81. The van der Waals surface area contributed by atoms with Crippen LogP contribution in [0, 0.1) is 11.8 Å². The molecule has 6 nitrogen and oxygen atoms in total. The summed E-state index contributed by atoms with van der Waals surface area (Å²) in [5, 5.41) is 10.8. The van der Waals surface area contributed by atoms with Crippen LogP contribution in [-0.2, 0) is 24.2 Å². The largest absolute Gasteiger partial charge is 0.497 e. The normalized spacial score (nSPS) is 19.1. The molecule has 2 N–H and O–H groups in total. The van der Waals surface area contributed by atoms with Crippen LogP contribution in [0.2, 0.25) is 0 Å². The highest BCUT2D eigenvalue weighted by molar-refractivity contribution is 5.76. The van der Waals surface area contributed by atoms with Crippen molar-refractivity contribution in [3.8, 4) is 5.75 Å². The Morgan fingerprint density at radius 1 is 1.31 bits per heavy atom. The molecule has 1 aromatic carbocycles. The number of benzene rings is 1. The van der Waals surface area contributed by atoms with Gasteiger partial charge in [0.1, 0.15) is 11.5 Å². The first-order valence-electron chi connectivity index (χ1n) is 10.7. The van der Waals surface area contributed by atoms with Crippen LogP contribution in [0.4, 0.5) is 0 Å². The van der Waals surface area contributed by atoms with E-state index in [-0.39, 0.29) is 5.91 Å². The monoisotopic (exact) mass is 399 g/mol.